The minimum Gasteiger partial charge on any atom is -0.378 e. The summed E-state index contributed by atoms with van der Waals surface area (Å²) in [5.74, 6) is -0.421. The summed E-state index contributed by atoms with van der Waals surface area (Å²) in [5.41, 5.74) is -1.24. The third-order valence-corrected chi connectivity index (χ3v) is 5.15. The summed E-state index contributed by atoms with van der Waals surface area (Å²) in [5, 5.41) is 18.6. The Morgan fingerprint density at radius 1 is 1.21 bits per heavy atom. The van der Waals surface area contributed by atoms with Crippen LogP contribution in [0.5, 0.6) is 0 Å². The molecule has 1 aromatic carbocycles. The molecule has 0 saturated heterocycles. The molecule has 24 heavy (non-hydrogen) atoms. The SMILES string of the molecule is CC(C)(C)NS(=O)(=O)c1ccc(NCCS(N)(=O)=O)c([N+](=O)[O-])c1. The second-order valence-corrected chi connectivity index (χ2v) is 9.50. The largest absolute Gasteiger partial charge is 0.378 e. The van der Waals surface area contributed by atoms with Crippen LogP contribution in [-0.2, 0) is 20.0 Å². The first kappa shape index (κ1) is 20.3. The Morgan fingerprint density at radius 3 is 2.25 bits per heavy atom. The van der Waals surface area contributed by atoms with Gasteiger partial charge in [-0.15, -0.1) is 0 Å². The van der Waals surface area contributed by atoms with Crippen LogP contribution in [0.25, 0.3) is 0 Å². The van der Waals surface area contributed by atoms with Crippen molar-refractivity contribution in [3.05, 3.63) is 28.3 Å². The Morgan fingerprint density at radius 2 is 1.79 bits per heavy atom. The molecule has 136 valence electrons. The number of nitrogens with two attached hydrogens (primary N) is 1. The molecule has 0 heterocycles. The molecule has 0 amide bonds. The molecule has 1 aromatic rings. The van der Waals surface area contributed by atoms with E-state index in [4.69, 9.17) is 5.14 Å². The number of nitro groups is 1. The monoisotopic (exact) mass is 380 g/mol. The second kappa shape index (κ2) is 7.01. The highest BCUT2D eigenvalue weighted by atomic mass is 32.2. The number of nitro benzene ring substituents is 1. The number of benzene rings is 1. The predicted octanol–water partition coefficient (Wildman–Crippen LogP) is 0.372. The lowest BCUT2D eigenvalue weighted by Gasteiger charge is -2.20. The quantitative estimate of drug-likeness (QED) is 0.454. The third-order valence-electron chi connectivity index (χ3n) is 2.62. The molecule has 0 aliphatic heterocycles. The van der Waals surface area contributed by atoms with Crippen LogP contribution in [0.15, 0.2) is 23.1 Å². The van der Waals surface area contributed by atoms with Crippen LogP contribution in [0.2, 0.25) is 0 Å². The number of rotatable bonds is 7. The van der Waals surface area contributed by atoms with Gasteiger partial charge in [-0.1, -0.05) is 0 Å². The highest BCUT2D eigenvalue weighted by Gasteiger charge is 2.25. The molecule has 12 heteroatoms. The summed E-state index contributed by atoms with van der Waals surface area (Å²) in [6.07, 6.45) is 0. The lowest BCUT2D eigenvalue weighted by molar-refractivity contribution is -0.384. The minimum absolute atomic E-state index is 0.00152. The topological polar surface area (TPSA) is 162 Å². The molecular formula is C12H20N4O6S2. The van der Waals surface area contributed by atoms with Gasteiger partial charge in [0.15, 0.2) is 0 Å². The number of nitrogens with one attached hydrogen (secondary N) is 2. The van der Waals surface area contributed by atoms with Crippen LogP contribution in [0, 0.1) is 10.1 Å². The van der Waals surface area contributed by atoms with E-state index >= 15 is 0 Å². The van der Waals surface area contributed by atoms with Crippen molar-refractivity contribution in [3.8, 4) is 0 Å². The molecule has 0 aliphatic carbocycles. The maximum Gasteiger partial charge on any atom is 0.293 e. The number of primary sulfonamides is 1. The molecule has 0 radical (unpaired) electrons. The van der Waals surface area contributed by atoms with Gasteiger partial charge in [0.1, 0.15) is 5.69 Å². The van der Waals surface area contributed by atoms with Crippen molar-refractivity contribution < 1.29 is 21.8 Å². The minimum atomic E-state index is -3.93. The molecule has 0 atom stereocenters. The van der Waals surface area contributed by atoms with Gasteiger partial charge in [-0.3, -0.25) is 10.1 Å². The number of sulfonamides is 2. The Hall–Kier alpha value is -1.76. The summed E-state index contributed by atoms with van der Waals surface area (Å²) in [7, 11) is -7.65. The maximum atomic E-state index is 12.2. The van der Waals surface area contributed by atoms with Gasteiger partial charge in [-0.25, -0.2) is 26.7 Å². The van der Waals surface area contributed by atoms with E-state index in [-0.39, 0.29) is 17.1 Å². The van der Waals surface area contributed by atoms with Gasteiger partial charge in [-0.2, -0.15) is 0 Å². The first-order valence-corrected chi connectivity index (χ1v) is 9.98. The van der Waals surface area contributed by atoms with Crippen molar-refractivity contribution >= 4 is 31.4 Å². The lowest BCUT2D eigenvalue weighted by atomic mass is 10.1. The standard InChI is InChI=1S/C12H20N4O6S2/c1-12(2,3)15-24(21,22)9-4-5-10(11(8-9)16(17)18)14-6-7-23(13,19)20/h4-5,8,14-15H,6-7H2,1-3H3,(H2,13,19,20). The fraction of sp³-hybridized carbons (Fsp3) is 0.500. The first-order valence-electron chi connectivity index (χ1n) is 6.78. The zero-order chi connectivity index (χ0) is 18.8. The van der Waals surface area contributed by atoms with Crippen molar-refractivity contribution in [1.82, 2.24) is 4.72 Å². The fourth-order valence-corrected chi connectivity index (χ4v) is 3.59. The molecule has 0 unspecified atom stereocenters. The molecular weight excluding hydrogens is 360 g/mol. The van der Waals surface area contributed by atoms with Crippen molar-refractivity contribution in [1.29, 1.82) is 0 Å². The molecule has 1 rings (SSSR count). The van der Waals surface area contributed by atoms with Crippen LogP contribution in [0.4, 0.5) is 11.4 Å². The molecule has 0 aliphatic rings. The van der Waals surface area contributed by atoms with Crippen LogP contribution in [-0.4, -0.2) is 39.6 Å². The highest BCUT2D eigenvalue weighted by Crippen LogP contribution is 2.28. The van der Waals surface area contributed by atoms with Crippen LogP contribution >= 0.6 is 0 Å². The Bertz CT molecular complexity index is 828. The molecule has 0 fully saturated rings. The Kier molecular flexibility index (Phi) is 5.92. The molecule has 0 bridgehead atoms. The van der Waals surface area contributed by atoms with Crippen LogP contribution in [0.3, 0.4) is 0 Å². The zero-order valence-electron chi connectivity index (χ0n) is 13.4. The molecule has 0 aromatic heterocycles. The molecule has 4 N–H and O–H groups in total. The van der Waals surface area contributed by atoms with Crippen LogP contribution in [0.1, 0.15) is 20.8 Å². The third kappa shape index (κ3) is 6.39. The van der Waals surface area contributed by atoms with E-state index in [1.54, 1.807) is 20.8 Å². The maximum absolute atomic E-state index is 12.2. The van der Waals surface area contributed by atoms with Gasteiger partial charge in [0.2, 0.25) is 20.0 Å². The van der Waals surface area contributed by atoms with Crippen molar-refractivity contribution in [2.45, 2.75) is 31.2 Å². The van der Waals surface area contributed by atoms with Crippen molar-refractivity contribution in [3.63, 3.8) is 0 Å². The van der Waals surface area contributed by atoms with E-state index < -0.39 is 41.9 Å². The van der Waals surface area contributed by atoms with E-state index in [1.807, 2.05) is 0 Å². The summed E-state index contributed by atoms with van der Waals surface area (Å²) >= 11 is 0. The predicted molar refractivity (Wildman–Crippen MR) is 89.6 cm³/mol. The van der Waals surface area contributed by atoms with Crippen LogP contribution < -0.4 is 15.2 Å². The summed E-state index contributed by atoms with van der Waals surface area (Å²) in [6, 6.07) is 3.31. The van der Waals surface area contributed by atoms with E-state index in [2.05, 4.69) is 10.0 Å². The Labute approximate surface area is 140 Å². The molecule has 0 spiro atoms. The lowest BCUT2D eigenvalue weighted by Crippen LogP contribution is -2.40. The summed E-state index contributed by atoms with van der Waals surface area (Å²) < 4.78 is 48.6. The number of hydrogen-bond acceptors (Lipinski definition) is 7. The first-order chi connectivity index (χ1) is 10.7. The van der Waals surface area contributed by atoms with Gasteiger partial charge in [-0.05, 0) is 32.9 Å². The van der Waals surface area contributed by atoms with E-state index in [0.29, 0.717) is 0 Å². The van der Waals surface area contributed by atoms with Gasteiger partial charge >= 0.3 is 0 Å². The summed E-state index contributed by atoms with van der Waals surface area (Å²) in [6.45, 7) is 4.78. The van der Waals surface area contributed by atoms with Crippen molar-refractivity contribution in [2.75, 3.05) is 17.6 Å². The summed E-state index contributed by atoms with van der Waals surface area (Å²) in [4.78, 5) is 10.1. The van der Waals surface area contributed by atoms with Gasteiger partial charge in [0.05, 0.1) is 15.6 Å². The number of anilines is 1. The second-order valence-electron chi connectivity index (χ2n) is 6.09. The van der Waals surface area contributed by atoms with E-state index in [0.717, 1.165) is 6.07 Å². The average molecular weight is 380 g/mol. The number of hydrogen-bond donors (Lipinski definition) is 3. The smallest absolute Gasteiger partial charge is 0.293 e. The van der Waals surface area contributed by atoms with Crippen molar-refractivity contribution in [2.24, 2.45) is 5.14 Å². The molecule has 10 nitrogen and oxygen atoms in total. The fourth-order valence-electron chi connectivity index (χ4n) is 1.77. The van der Waals surface area contributed by atoms with Gasteiger partial charge in [0, 0.05) is 18.2 Å². The molecule has 0 saturated carbocycles. The van der Waals surface area contributed by atoms with E-state index in [9.17, 15) is 26.9 Å². The number of nitrogens with zero attached hydrogens (tertiary/aromatic N) is 1. The highest BCUT2D eigenvalue weighted by molar-refractivity contribution is 7.89. The van der Waals surface area contributed by atoms with E-state index in [1.165, 1.54) is 12.1 Å². The van der Waals surface area contributed by atoms with Gasteiger partial charge in [0.25, 0.3) is 5.69 Å². The van der Waals surface area contributed by atoms with Gasteiger partial charge < -0.3 is 5.32 Å². The average Bonchev–Trinajstić information content (AvgIpc) is 2.34. The normalized spacial score (nSPS) is 12.8. The Balaban J connectivity index is 3.14. The zero-order valence-corrected chi connectivity index (χ0v) is 15.1.